The predicted molar refractivity (Wildman–Crippen MR) is 169 cm³/mol. The molecule has 0 aliphatic heterocycles. The molecule has 43 heavy (non-hydrogen) atoms. The molecule has 0 fully saturated rings. The lowest BCUT2D eigenvalue weighted by molar-refractivity contribution is -0.649. The minimum absolute atomic E-state index is 0.572. The number of hydrogen-bond donors (Lipinski definition) is 0. The van der Waals surface area contributed by atoms with Gasteiger partial charge in [0, 0.05) is 27.6 Å². The lowest BCUT2D eigenvalue weighted by Gasteiger charge is -2.11. The number of para-hydroxylation sites is 4. The molecule has 0 amide bonds. The maximum atomic E-state index is 7.99. The van der Waals surface area contributed by atoms with E-state index in [0.717, 1.165) is 60.8 Å². The van der Waals surface area contributed by atoms with E-state index in [9.17, 15) is 0 Å². The van der Waals surface area contributed by atoms with Gasteiger partial charge in [-0.15, -0.1) is 0 Å². The van der Waals surface area contributed by atoms with Crippen molar-refractivity contribution in [2.45, 2.75) is 0 Å². The quantitative estimate of drug-likeness (QED) is 0.161. The Morgan fingerprint density at radius 2 is 1.49 bits per heavy atom. The molecule has 0 saturated carbocycles. The van der Waals surface area contributed by atoms with Gasteiger partial charge in [0.1, 0.15) is 22.9 Å². The van der Waals surface area contributed by atoms with Crippen LogP contribution in [0, 0.1) is 6.33 Å². The van der Waals surface area contributed by atoms with Gasteiger partial charge in [-0.25, -0.2) is 4.98 Å². The molecule has 4 heterocycles. The van der Waals surface area contributed by atoms with E-state index in [1.54, 1.807) is 16.8 Å². The Morgan fingerprint density at radius 3 is 2.42 bits per heavy atom. The van der Waals surface area contributed by atoms with Crippen molar-refractivity contribution in [3.63, 3.8) is 0 Å². The van der Waals surface area contributed by atoms with Crippen molar-refractivity contribution in [3.05, 3.63) is 134 Å². The van der Waals surface area contributed by atoms with Crippen LogP contribution < -0.4 is 9.30 Å². The maximum absolute atomic E-state index is 7.99. The first-order chi connectivity index (χ1) is 22.4. The number of ether oxygens (including phenoxy) is 1. The Morgan fingerprint density at radius 1 is 0.698 bits per heavy atom. The molecule has 204 valence electrons. The van der Waals surface area contributed by atoms with E-state index in [-0.39, 0.29) is 0 Å². The topological polar surface area (TPSA) is 49.0 Å². The van der Waals surface area contributed by atoms with Crippen LogP contribution in [-0.2, 0) is 6.98 Å². The van der Waals surface area contributed by atoms with Gasteiger partial charge in [-0.2, -0.15) is 0 Å². The number of rotatable bonds is 4. The third kappa shape index (κ3) is 3.66. The number of aromatic nitrogens is 4. The number of pyridine rings is 1. The molecule has 0 atom stereocenters. The van der Waals surface area contributed by atoms with Crippen molar-refractivity contribution >= 4 is 54.8 Å². The highest BCUT2D eigenvalue weighted by molar-refractivity contribution is 6.10. The minimum Gasteiger partial charge on any atom is -0.458 e. The highest BCUT2D eigenvalue weighted by Gasteiger charge is 2.16. The van der Waals surface area contributed by atoms with Gasteiger partial charge >= 0.3 is 0 Å². The first kappa shape index (κ1) is 20.9. The van der Waals surface area contributed by atoms with E-state index in [2.05, 4.69) is 41.2 Å². The van der Waals surface area contributed by atoms with E-state index in [1.807, 2.05) is 84.9 Å². The highest BCUT2D eigenvalue weighted by Crippen LogP contribution is 2.37. The molecule has 0 aliphatic rings. The monoisotopic (exact) mass is 559 g/mol. The van der Waals surface area contributed by atoms with Crippen LogP contribution in [0.5, 0.6) is 11.5 Å². The first-order valence-electron chi connectivity index (χ1n) is 15.5. The van der Waals surface area contributed by atoms with Crippen molar-refractivity contribution in [2.24, 2.45) is 6.98 Å². The molecule has 4 aromatic heterocycles. The molecule has 9 aromatic rings. The summed E-state index contributed by atoms with van der Waals surface area (Å²) in [6.45, 7) is -2.36. The van der Waals surface area contributed by atoms with Crippen molar-refractivity contribution in [3.8, 4) is 23.0 Å². The summed E-state index contributed by atoms with van der Waals surface area (Å²) >= 11 is 0. The van der Waals surface area contributed by atoms with Gasteiger partial charge in [-0.05, 0) is 42.5 Å². The summed E-state index contributed by atoms with van der Waals surface area (Å²) in [4.78, 5) is 4.83. The first-order valence-corrected chi connectivity index (χ1v) is 14.0. The normalized spacial score (nSPS) is 13.2. The Hall–Kier alpha value is -5.88. The molecule has 9 rings (SSSR count). The molecule has 6 heteroatoms. The van der Waals surface area contributed by atoms with Crippen LogP contribution in [0.3, 0.4) is 0 Å². The second-order valence-corrected chi connectivity index (χ2v) is 10.5. The lowest BCUT2D eigenvalue weighted by atomic mass is 10.1. The summed E-state index contributed by atoms with van der Waals surface area (Å²) in [5.41, 5.74) is 5.60. The van der Waals surface area contributed by atoms with E-state index < -0.39 is 6.98 Å². The number of hydrogen-bond acceptors (Lipinski definition) is 3. The SMILES string of the molecule is [2H]C([2H])([2H])[n+]1[c-]n(-c2cccc(Oc3ccc4c5ccccc5n(-c5cc6c(cn5)oc5ccccc56)c4c3)c2)c2ccccc21. The zero-order valence-corrected chi connectivity index (χ0v) is 22.7. The fourth-order valence-corrected chi connectivity index (χ4v) is 6.07. The van der Waals surface area contributed by atoms with Crippen LogP contribution in [0.25, 0.3) is 66.3 Å². The van der Waals surface area contributed by atoms with E-state index in [1.165, 1.54) is 4.57 Å². The number of imidazole rings is 1. The lowest BCUT2D eigenvalue weighted by Crippen LogP contribution is -2.26. The van der Waals surface area contributed by atoms with Gasteiger partial charge in [-0.1, -0.05) is 72.8 Å². The number of furan rings is 1. The van der Waals surface area contributed by atoms with Crippen LogP contribution >= 0.6 is 0 Å². The summed E-state index contributed by atoms with van der Waals surface area (Å²) in [6.07, 6.45) is 4.81. The summed E-state index contributed by atoms with van der Waals surface area (Å²) < 4.78 is 41.6. The van der Waals surface area contributed by atoms with Gasteiger partial charge < -0.3 is 18.3 Å². The molecule has 0 saturated heterocycles. The Labute approximate surface area is 250 Å². The van der Waals surface area contributed by atoms with E-state index >= 15 is 0 Å². The summed E-state index contributed by atoms with van der Waals surface area (Å²) in [5, 5.41) is 4.24. The summed E-state index contributed by atoms with van der Waals surface area (Å²) in [6, 6.07) is 39.4. The summed E-state index contributed by atoms with van der Waals surface area (Å²) in [7, 11) is 0. The van der Waals surface area contributed by atoms with Crippen molar-refractivity contribution in [1.29, 1.82) is 0 Å². The van der Waals surface area contributed by atoms with Gasteiger partial charge in [-0.3, -0.25) is 4.57 Å². The molecule has 0 aliphatic carbocycles. The van der Waals surface area contributed by atoms with Crippen LogP contribution in [0.15, 0.2) is 132 Å². The van der Waals surface area contributed by atoms with Gasteiger partial charge in [0.15, 0.2) is 5.58 Å². The zero-order chi connectivity index (χ0) is 31.0. The maximum Gasteiger partial charge on any atom is 0.244 e. The second kappa shape index (κ2) is 9.06. The average Bonchev–Trinajstić information content (AvgIpc) is 3.74. The van der Waals surface area contributed by atoms with Crippen molar-refractivity contribution in [2.75, 3.05) is 0 Å². The minimum atomic E-state index is -2.36. The molecular formula is C37H24N4O2. The van der Waals surface area contributed by atoms with E-state index in [4.69, 9.17) is 18.3 Å². The Balaban J connectivity index is 1.16. The fourth-order valence-electron chi connectivity index (χ4n) is 6.07. The number of aryl methyl sites for hydroxylation is 1. The fraction of sp³-hybridized carbons (Fsp3) is 0.0270. The molecule has 0 spiro atoms. The molecule has 5 aromatic carbocycles. The largest absolute Gasteiger partial charge is 0.458 e. The number of benzene rings is 5. The summed E-state index contributed by atoms with van der Waals surface area (Å²) in [5.74, 6) is 2.04. The molecule has 6 nitrogen and oxygen atoms in total. The van der Waals surface area contributed by atoms with Crippen molar-refractivity contribution < 1.29 is 17.8 Å². The van der Waals surface area contributed by atoms with E-state index in [0.29, 0.717) is 17.0 Å². The third-order valence-corrected chi connectivity index (χ3v) is 8.00. The highest BCUT2D eigenvalue weighted by atomic mass is 16.5. The van der Waals surface area contributed by atoms with Crippen molar-refractivity contribution in [1.82, 2.24) is 14.1 Å². The Kier molecular flexibility index (Phi) is 4.41. The second-order valence-electron chi connectivity index (χ2n) is 10.5. The van der Waals surface area contributed by atoms with Crippen LogP contribution in [0.4, 0.5) is 0 Å². The Bertz CT molecular complexity index is 2630. The zero-order valence-electron chi connectivity index (χ0n) is 25.7. The van der Waals surface area contributed by atoms with Crippen LogP contribution in [0.2, 0.25) is 0 Å². The third-order valence-electron chi connectivity index (χ3n) is 8.00. The van der Waals surface area contributed by atoms with Gasteiger partial charge in [0.05, 0.1) is 45.0 Å². The number of nitrogens with zero attached hydrogens (tertiary/aromatic N) is 4. The molecule has 0 N–H and O–H groups in total. The van der Waals surface area contributed by atoms with Gasteiger partial charge in [0.2, 0.25) is 6.33 Å². The molecule has 0 bridgehead atoms. The molecular weight excluding hydrogens is 532 g/mol. The standard InChI is InChI=1S/C37H24N4O2/c1-39-23-40(33-15-6-5-14-32(33)39)24-9-8-10-25(19-24)42-26-17-18-28-27-11-2-4-13-31(27)41(34(28)20-26)37-21-30-29-12-3-7-16-35(29)43-36(30)22-38-37/h2-22H,1H3/i1D3. The van der Waals surface area contributed by atoms with Crippen LogP contribution in [0.1, 0.15) is 4.11 Å². The molecule has 0 radical (unpaired) electrons. The smallest absolute Gasteiger partial charge is 0.244 e. The van der Waals surface area contributed by atoms with Crippen LogP contribution in [-0.4, -0.2) is 14.1 Å². The van der Waals surface area contributed by atoms with Gasteiger partial charge in [0.25, 0.3) is 0 Å². The molecule has 0 unspecified atom stereocenters. The number of fused-ring (bicyclic) bond motifs is 7. The average molecular weight is 560 g/mol. The predicted octanol–water partition coefficient (Wildman–Crippen LogP) is 8.44.